The van der Waals surface area contributed by atoms with Crippen molar-refractivity contribution in [1.82, 2.24) is 0 Å². The van der Waals surface area contributed by atoms with Crippen LogP contribution in [0.3, 0.4) is 0 Å². The van der Waals surface area contributed by atoms with Crippen LogP contribution in [0.4, 0.5) is 5.69 Å². The number of benzene rings is 1. The molecule has 2 rings (SSSR count). The standard InChI is InChI=1S/C14H20N2O/c1-10-4-2-6-12(8-10)16-14(17)9-11-5-3-7-13(11)15/h2,4,6,8,11,13H,3,5,7,9,15H2,1H3,(H,16,17)/t11-,13+/m0/s1. The Morgan fingerprint density at radius 2 is 2.29 bits per heavy atom. The van der Waals surface area contributed by atoms with Crippen LogP contribution in [-0.4, -0.2) is 11.9 Å². The minimum Gasteiger partial charge on any atom is -0.327 e. The molecule has 1 aliphatic rings. The van der Waals surface area contributed by atoms with Crippen LogP contribution >= 0.6 is 0 Å². The summed E-state index contributed by atoms with van der Waals surface area (Å²) >= 11 is 0. The monoisotopic (exact) mass is 232 g/mol. The second kappa shape index (κ2) is 5.32. The lowest BCUT2D eigenvalue weighted by Gasteiger charge is -2.14. The van der Waals surface area contributed by atoms with Crippen molar-refractivity contribution in [3.63, 3.8) is 0 Å². The van der Waals surface area contributed by atoms with Crippen LogP contribution in [0.25, 0.3) is 0 Å². The van der Waals surface area contributed by atoms with Crippen LogP contribution in [0, 0.1) is 12.8 Å². The smallest absolute Gasteiger partial charge is 0.224 e. The number of anilines is 1. The van der Waals surface area contributed by atoms with Crippen LogP contribution in [0.2, 0.25) is 0 Å². The van der Waals surface area contributed by atoms with Gasteiger partial charge in [0.05, 0.1) is 0 Å². The van der Waals surface area contributed by atoms with E-state index in [1.54, 1.807) is 0 Å². The van der Waals surface area contributed by atoms with E-state index in [0.717, 1.165) is 30.5 Å². The molecule has 0 aliphatic heterocycles. The Morgan fingerprint density at radius 3 is 2.94 bits per heavy atom. The first-order chi connectivity index (χ1) is 8.15. The van der Waals surface area contributed by atoms with Crippen molar-refractivity contribution in [3.8, 4) is 0 Å². The number of amides is 1. The molecule has 1 aromatic rings. The van der Waals surface area contributed by atoms with Gasteiger partial charge in [0.1, 0.15) is 0 Å². The highest BCUT2D eigenvalue weighted by Crippen LogP contribution is 2.27. The van der Waals surface area contributed by atoms with Crippen LogP contribution in [-0.2, 0) is 4.79 Å². The Kier molecular flexibility index (Phi) is 3.79. The molecule has 2 atom stereocenters. The summed E-state index contributed by atoms with van der Waals surface area (Å²) < 4.78 is 0. The number of aryl methyl sites for hydroxylation is 1. The number of rotatable bonds is 3. The zero-order chi connectivity index (χ0) is 12.3. The highest BCUT2D eigenvalue weighted by molar-refractivity contribution is 5.90. The molecule has 0 heterocycles. The summed E-state index contributed by atoms with van der Waals surface area (Å²) in [6.07, 6.45) is 3.85. The van der Waals surface area contributed by atoms with E-state index < -0.39 is 0 Å². The van der Waals surface area contributed by atoms with Crippen LogP contribution in [0.15, 0.2) is 24.3 Å². The highest BCUT2D eigenvalue weighted by atomic mass is 16.1. The van der Waals surface area contributed by atoms with Crippen LogP contribution in [0.1, 0.15) is 31.2 Å². The molecule has 1 amide bonds. The van der Waals surface area contributed by atoms with Gasteiger partial charge in [-0.25, -0.2) is 0 Å². The zero-order valence-corrected chi connectivity index (χ0v) is 10.3. The molecule has 1 saturated carbocycles. The number of nitrogens with one attached hydrogen (secondary N) is 1. The Labute approximate surface area is 102 Å². The van der Waals surface area contributed by atoms with Gasteiger partial charge in [0.25, 0.3) is 0 Å². The summed E-state index contributed by atoms with van der Waals surface area (Å²) in [4.78, 5) is 11.9. The fourth-order valence-electron chi connectivity index (χ4n) is 2.49. The maximum absolute atomic E-state index is 11.9. The first-order valence-corrected chi connectivity index (χ1v) is 6.27. The van der Waals surface area contributed by atoms with Crippen molar-refractivity contribution in [2.75, 3.05) is 5.32 Å². The topological polar surface area (TPSA) is 55.1 Å². The predicted molar refractivity (Wildman–Crippen MR) is 69.7 cm³/mol. The molecule has 1 aromatic carbocycles. The molecule has 1 aliphatic carbocycles. The molecule has 3 nitrogen and oxygen atoms in total. The predicted octanol–water partition coefficient (Wildman–Crippen LogP) is 2.45. The van der Waals surface area contributed by atoms with Crippen molar-refractivity contribution in [2.45, 2.75) is 38.6 Å². The lowest BCUT2D eigenvalue weighted by Crippen LogP contribution is -2.28. The molecule has 17 heavy (non-hydrogen) atoms. The molecule has 0 unspecified atom stereocenters. The van der Waals surface area contributed by atoms with E-state index in [1.165, 1.54) is 0 Å². The molecular weight excluding hydrogens is 212 g/mol. The quantitative estimate of drug-likeness (QED) is 0.841. The van der Waals surface area contributed by atoms with Gasteiger partial charge in [0.2, 0.25) is 5.91 Å². The average molecular weight is 232 g/mol. The average Bonchev–Trinajstić information content (AvgIpc) is 2.64. The minimum atomic E-state index is 0.0814. The molecule has 1 fully saturated rings. The molecule has 0 saturated heterocycles. The largest absolute Gasteiger partial charge is 0.327 e. The molecule has 0 aromatic heterocycles. The second-order valence-electron chi connectivity index (χ2n) is 4.98. The molecule has 3 N–H and O–H groups in total. The van der Waals surface area contributed by atoms with E-state index in [-0.39, 0.29) is 11.9 Å². The van der Waals surface area contributed by atoms with Crippen molar-refractivity contribution in [1.29, 1.82) is 0 Å². The number of carbonyl (C=O) groups excluding carboxylic acids is 1. The van der Waals surface area contributed by atoms with Gasteiger partial charge in [0.15, 0.2) is 0 Å². The minimum absolute atomic E-state index is 0.0814. The third-order valence-corrected chi connectivity index (χ3v) is 3.47. The molecule has 0 radical (unpaired) electrons. The lowest BCUT2D eigenvalue weighted by molar-refractivity contribution is -0.117. The number of carbonyl (C=O) groups is 1. The van der Waals surface area contributed by atoms with Crippen molar-refractivity contribution in [2.24, 2.45) is 11.7 Å². The number of nitrogens with two attached hydrogens (primary N) is 1. The first-order valence-electron chi connectivity index (χ1n) is 6.27. The van der Waals surface area contributed by atoms with Gasteiger partial charge in [-0.2, -0.15) is 0 Å². The number of hydrogen-bond acceptors (Lipinski definition) is 2. The van der Waals surface area contributed by atoms with Crippen molar-refractivity contribution < 1.29 is 4.79 Å². The van der Waals surface area contributed by atoms with Crippen LogP contribution in [0.5, 0.6) is 0 Å². The van der Waals surface area contributed by atoms with Gasteiger partial charge in [-0.3, -0.25) is 4.79 Å². The van der Waals surface area contributed by atoms with E-state index >= 15 is 0 Å². The molecule has 0 bridgehead atoms. The molecule has 0 spiro atoms. The Morgan fingerprint density at radius 1 is 1.47 bits per heavy atom. The van der Waals surface area contributed by atoms with Crippen molar-refractivity contribution in [3.05, 3.63) is 29.8 Å². The second-order valence-corrected chi connectivity index (χ2v) is 4.98. The first kappa shape index (κ1) is 12.1. The van der Waals surface area contributed by atoms with Gasteiger partial charge in [-0.1, -0.05) is 18.6 Å². The summed E-state index contributed by atoms with van der Waals surface area (Å²) in [5.74, 6) is 0.442. The van der Waals surface area contributed by atoms with E-state index in [9.17, 15) is 4.79 Å². The SMILES string of the molecule is Cc1cccc(NC(=O)C[C@@H]2CCC[C@H]2N)c1. The van der Waals surface area contributed by atoms with E-state index in [0.29, 0.717) is 12.3 Å². The van der Waals surface area contributed by atoms with E-state index in [2.05, 4.69) is 5.32 Å². The van der Waals surface area contributed by atoms with E-state index in [4.69, 9.17) is 5.73 Å². The summed E-state index contributed by atoms with van der Waals surface area (Å²) in [5.41, 5.74) is 7.99. The fourth-order valence-corrected chi connectivity index (χ4v) is 2.49. The van der Waals surface area contributed by atoms with Crippen LogP contribution < -0.4 is 11.1 Å². The van der Waals surface area contributed by atoms with Gasteiger partial charge in [-0.05, 0) is 43.4 Å². The molecule has 3 heteroatoms. The van der Waals surface area contributed by atoms with Crippen molar-refractivity contribution >= 4 is 11.6 Å². The summed E-state index contributed by atoms with van der Waals surface area (Å²) in [6.45, 7) is 2.02. The van der Waals surface area contributed by atoms with E-state index in [1.807, 2.05) is 31.2 Å². The summed E-state index contributed by atoms with van der Waals surface area (Å²) in [7, 11) is 0. The Balaban J connectivity index is 1.89. The summed E-state index contributed by atoms with van der Waals surface area (Å²) in [6, 6.07) is 8.07. The Hall–Kier alpha value is -1.35. The van der Waals surface area contributed by atoms with Gasteiger partial charge < -0.3 is 11.1 Å². The summed E-state index contributed by atoms with van der Waals surface area (Å²) in [5, 5.41) is 2.94. The normalized spacial score (nSPS) is 23.6. The maximum atomic E-state index is 11.9. The third kappa shape index (κ3) is 3.30. The molecular formula is C14H20N2O. The fraction of sp³-hybridized carbons (Fsp3) is 0.500. The van der Waals surface area contributed by atoms with Gasteiger partial charge in [0, 0.05) is 18.2 Å². The van der Waals surface area contributed by atoms with Gasteiger partial charge in [-0.15, -0.1) is 0 Å². The Bertz CT molecular complexity index is 403. The zero-order valence-electron chi connectivity index (χ0n) is 10.3. The maximum Gasteiger partial charge on any atom is 0.224 e. The molecule has 92 valence electrons. The lowest BCUT2D eigenvalue weighted by atomic mass is 10.00. The third-order valence-electron chi connectivity index (χ3n) is 3.47. The highest BCUT2D eigenvalue weighted by Gasteiger charge is 2.25. The van der Waals surface area contributed by atoms with Gasteiger partial charge >= 0.3 is 0 Å². The number of hydrogen-bond donors (Lipinski definition) is 2.